The molecule has 0 aromatic heterocycles. The Morgan fingerprint density at radius 1 is 0.800 bits per heavy atom. The van der Waals surface area contributed by atoms with Crippen molar-refractivity contribution < 1.29 is 4.39 Å². The number of hydrogen-bond donors (Lipinski definition) is 0. The predicted octanol–water partition coefficient (Wildman–Crippen LogP) is 10.9. The third kappa shape index (κ3) is 7.34. The largest absolute Gasteiger partial charge is 0.247 e. The summed E-state index contributed by atoms with van der Waals surface area (Å²) in [6.07, 6.45) is 16.1. The summed E-state index contributed by atoms with van der Waals surface area (Å²) in [5, 5.41) is 0.761. The van der Waals surface area contributed by atoms with Gasteiger partial charge in [-0.2, -0.15) is 0 Å². The second-order valence-electron chi connectivity index (χ2n) is 11.7. The first-order valence-electron chi connectivity index (χ1n) is 14.5. The lowest BCUT2D eigenvalue weighted by atomic mass is 9.72. The van der Waals surface area contributed by atoms with Crippen LogP contribution in [-0.4, -0.2) is 6.17 Å². The van der Waals surface area contributed by atoms with E-state index in [0.717, 1.165) is 29.7 Å². The van der Waals surface area contributed by atoms with Crippen LogP contribution < -0.4 is 0 Å². The van der Waals surface area contributed by atoms with Gasteiger partial charge in [0.1, 0.15) is 6.17 Å². The number of unbranched alkanes of at least 4 members (excludes halogenated alkanes) is 2. The Hall–Kier alpha value is -1.34. The fraction of sp³-hybridized carbons (Fsp3) is 0.636. The molecule has 0 N–H and O–H groups in total. The Kier molecular flexibility index (Phi) is 10.1. The van der Waals surface area contributed by atoms with E-state index in [2.05, 4.69) is 50.2 Å². The first-order valence-corrected chi connectivity index (χ1v) is 14.9. The van der Waals surface area contributed by atoms with Gasteiger partial charge in [-0.05, 0) is 65.8 Å². The molecule has 0 bridgehead atoms. The fourth-order valence-corrected chi connectivity index (χ4v) is 7.07. The van der Waals surface area contributed by atoms with Gasteiger partial charge in [0.15, 0.2) is 0 Å². The van der Waals surface area contributed by atoms with Crippen LogP contribution in [0.1, 0.15) is 126 Å². The summed E-state index contributed by atoms with van der Waals surface area (Å²) in [6.45, 7) is 4.53. The molecule has 2 aromatic rings. The minimum Gasteiger partial charge on any atom is -0.247 e. The van der Waals surface area contributed by atoms with E-state index in [1.165, 1.54) is 87.3 Å². The van der Waals surface area contributed by atoms with Crippen LogP contribution in [0.5, 0.6) is 0 Å². The van der Waals surface area contributed by atoms with Gasteiger partial charge in [0.2, 0.25) is 0 Å². The zero-order valence-electron chi connectivity index (χ0n) is 22.0. The van der Waals surface area contributed by atoms with Crippen LogP contribution in [-0.2, 0) is 0 Å². The Morgan fingerprint density at radius 2 is 1.43 bits per heavy atom. The highest BCUT2D eigenvalue weighted by atomic mass is 35.5. The van der Waals surface area contributed by atoms with Gasteiger partial charge in [0, 0.05) is 16.9 Å². The number of halogens is 2. The normalized spacial score (nSPS) is 28.1. The highest BCUT2D eigenvalue weighted by Gasteiger charge is 2.34. The molecular formula is C33H46ClF. The number of benzene rings is 2. The summed E-state index contributed by atoms with van der Waals surface area (Å²) in [5.41, 5.74) is 3.74. The molecule has 2 aliphatic carbocycles. The zero-order chi connectivity index (χ0) is 24.6. The third-order valence-corrected chi connectivity index (χ3v) is 9.53. The van der Waals surface area contributed by atoms with E-state index in [-0.39, 0.29) is 11.8 Å². The van der Waals surface area contributed by atoms with Crippen molar-refractivity contribution in [1.29, 1.82) is 0 Å². The first kappa shape index (κ1) is 26.7. The van der Waals surface area contributed by atoms with E-state index in [4.69, 9.17) is 11.6 Å². The van der Waals surface area contributed by atoms with E-state index in [1.54, 1.807) is 0 Å². The summed E-state index contributed by atoms with van der Waals surface area (Å²) < 4.78 is 15.6. The van der Waals surface area contributed by atoms with Gasteiger partial charge in [-0.15, -0.1) is 0 Å². The average molecular weight is 497 g/mol. The van der Waals surface area contributed by atoms with E-state index < -0.39 is 6.17 Å². The molecule has 0 heterocycles. The van der Waals surface area contributed by atoms with Crippen molar-refractivity contribution in [1.82, 2.24) is 0 Å². The van der Waals surface area contributed by atoms with Gasteiger partial charge in [-0.25, -0.2) is 4.39 Å². The molecule has 2 fully saturated rings. The van der Waals surface area contributed by atoms with Crippen molar-refractivity contribution in [2.75, 3.05) is 0 Å². The topological polar surface area (TPSA) is 0 Å². The van der Waals surface area contributed by atoms with Crippen LogP contribution in [0.25, 0.3) is 0 Å². The van der Waals surface area contributed by atoms with Crippen molar-refractivity contribution in [3.63, 3.8) is 0 Å². The highest BCUT2D eigenvalue weighted by Crippen LogP contribution is 2.44. The van der Waals surface area contributed by atoms with Crippen LogP contribution >= 0.6 is 11.6 Å². The first-order chi connectivity index (χ1) is 17.0. The standard InChI is InChI=1S/C33H46ClF/c1-3-4-5-8-25-11-13-26(14-12-25)15-16-27-17-22-32(33(35)23-27)31-10-7-6-9-30(31)24(2)28-18-20-29(34)21-19-28/h6-7,9-10,18-21,24-27,32-33H,3-5,8,11-17,22-23H2,1-2H3. The molecule has 0 spiro atoms. The molecule has 0 nitrogen and oxygen atoms in total. The smallest absolute Gasteiger partial charge is 0.107 e. The zero-order valence-corrected chi connectivity index (χ0v) is 22.8. The lowest BCUT2D eigenvalue weighted by Gasteiger charge is -2.35. The van der Waals surface area contributed by atoms with E-state index in [0.29, 0.717) is 5.92 Å². The Balaban J connectivity index is 1.28. The van der Waals surface area contributed by atoms with E-state index >= 15 is 4.39 Å². The Morgan fingerprint density at radius 3 is 2.11 bits per heavy atom. The van der Waals surface area contributed by atoms with Crippen LogP contribution in [0.4, 0.5) is 4.39 Å². The number of rotatable bonds is 10. The molecule has 35 heavy (non-hydrogen) atoms. The Labute approximate surface area is 219 Å². The van der Waals surface area contributed by atoms with Crippen molar-refractivity contribution >= 4 is 11.6 Å². The molecule has 0 radical (unpaired) electrons. The minimum atomic E-state index is -0.721. The lowest BCUT2D eigenvalue weighted by molar-refractivity contribution is 0.152. The fourth-order valence-electron chi connectivity index (χ4n) is 6.95. The minimum absolute atomic E-state index is 0.0377. The third-order valence-electron chi connectivity index (χ3n) is 9.28. The molecule has 4 unspecified atom stereocenters. The SMILES string of the molecule is CCCCCC1CCC(CCC2CCC(c3ccccc3C(C)c3ccc(Cl)cc3)C(F)C2)CC1. The maximum Gasteiger partial charge on any atom is 0.107 e. The molecule has 192 valence electrons. The van der Waals surface area contributed by atoms with Gasteiger partial charge in [-0.1, -0.05) is 126 Å². The summed E-state index contributed by atoms with van der Waals surface area (Å²) in [6, 6.07) is 16.7. The quantitative estimate of drug-likeness (QED) is 0.287. The maximum absolute atomic E-state index is 15.6. The second kappa shape index (κ2) is 13.3. The molecule has 4 atom stereocenters. The van der Waals surface area contributed by atoms with E-state index in [1.807, 2.05) is 12.1 Å². The van der Waals surface area contributed by atoms with Crippen LogP contribution in [0.15, 0.2) is 48.5 Å². The van der Waals surface area contributed by atoms with Crippen LogP contribution in [0.3, 0.4) is 0 Å². The van der Waals surface area contributed by atoms with Gasteiger partial charge >= 0.3 is 0 Å². The number of alkyl halides is 1. The summed E-state index contributed by atoms with van der Waals surface area (Å²) in [5.74, 6) is 2.73. The maximum atomic E-state index is 15.6. The molecular weight excluding hydrogens is 451 g/mol. The van der Waals surface area contributed by atoms with Gasteiger partial charge < -0.3 is 0 Å². The van der Waals surface area contributed by atoms with Gasteiger partial charge in [0.05, 0.1) is 0 Å². The molecule has 0 amide bonds. The van der Waals surface area contributed by atoms with Crippen molar-refractivity contribution in [2.24, 2.45) is 17.8 Å². The Bertz CT molecular complexity index is 882. The van der Waals surface area contributed by atoms with E-state index in [9.17, 15) is 0 Å². The van der Waals surface area contributed by atoms with Crippen LogP contribution in [0, 0.1) is 17.8 Å². The molecule has 2 heteroatoms. The monoisotopic (exact) mass is 496 g/mol. The second-order valence-corrected chi connectivity index (χ2v) is 12.1. The molecule has 2 saturated carbocycles. The molecule has 2 aromatic carbocycles. The van der Waals surface area contributed by atoms with Gasteiger partial charge in [-0.3, -0.25) is 0 Å². The predicted molar refractivity (Wildman–Crippen MR) is 149 cm³/mol. The van der Waals surface area contributed by atoms with Crippen molar-refractivity contribution in [3.8, 4) is 0 Å². The molecule has 0 aliphatic heterocycles. The summed E-state index contributed by atoms with van der Waals surface area (Å²) in [4.78, 5) is 0. The van der Waals surface area contributed by atoms with Crippen molar-refractivity contribution in [3.05, 3.63) is 70.2 Å². The molecule has 0 saturated heterocycles. The highest BCUT2D eigenvalue weighted by molar-refractivity contribution is 6.30. The van der Waals surface area contributed by atoms with Crippen LogP contribution in [0.2, 0.25) is 5.02 Å². The van der Waals surface area contributed by atoms with Crippen molar-refractivity contribution in [2.45, 2.75) is 115 Å². The lowest BCUT2D eigenvalue weighted by Crippen LogP contribution is -2.26. The number of hydrogen-bond acceptors (Lipinski definition) is 0. The summed E-state index contributed by atoms with van der Waals surface area (Å²) >= 11 is 6.10. The summed E-state index contributed by atoms with van der Waals surface area (Å²) in [7, 11) is 0. The molecule has 4 rings (SSSR count). The average Bonchev–Trinajstić information content (AvgIpc) is 2.88. The molecule has 2 aliphatic rings. The van der Waals surface area contributed by atoms with Gasteiger partial charge in [0.25, 0.3) is 0 Å².